The Labute approximate surface area is 203 Å². The van der Waals surface area contributed by atoms with Crippen LogP contribution < -0.4 is 4.90 Å². The van der Waals surface area contributed by atoms with Crippen LogP contribution in [-0.4, -0.2) is 29.6 Å². The van der Waals surface area contributed by atoms with Crippen LogP contribution in [0.1, 0.15) is 24.1 Å². The third-order valence-corrected chi connectivity index (χ3v) is 8.29. The lowest BCUT2D eigenvalue weighted by Gasteiger charge is -2.18. The monoisotopic (exact) mass is 471 g/mol. The van der Waals surface area contributed by atoms with E-state index in [-0.39, 0.29) is 11.9 Å². The highest BCUT2D eigenvalue weighted by molar-refractivity contribution is 8.19. The van der Waals surface area contributed by atoms with E-state index in [0.29, 0.717) is 6.54 Å². The zero-order chi connectivity index (χ0) is 22.8. The summed E-state index contributed by atoms with van der Waals surface area (Å²) in [5.74, 6) is 0.0390. The van der Waals surface area contributed by atoms with Crippen molar-refractivity contribution in [2.75, 3.05) is 18.5 Å². The highest BCUT2D eigenvalue weighted by Crippen LogP contribution is 2.50. The van der Waals surface area contributed by atoms with Crippen molar-refractivity contribution in [3.63, 3.8) is 0 Å². The number of fused-ring (bicyclic) bond motifs is 1. The molecule has 1 fully saturated rings. The molecule has 6 heteroatoms. The summed E-state index contributed by atoms with van der Waals surface area (Å²) in [4.78, 5) is 24.6. The molecule has 0 radical (unpaired) electrons. The number of amidine groups is 1. The smallest absolute Gasteiger partial charge is 0.269 e. The maximum atomic E-state index is 13.7. The summed E-state index contributed by atoms with van der Waals surface area (Å²) in [7, 11) is 2.03. The number of aliphatic imine (C=N–C) groups is 1. The highest BCUT2D eigenvalue weighted by Gasteiger charge is 2.39. The van der Waals surface area contributed by atoms with Crippen LogP contribution >= 0.6 is 23.5 Å². The molecule has 1 atom stereocenters. The lowest BCUT2D eigenvalue weighted by Crippen LogP contribution is -2.32. The van der Waals surface area contributed by atoms with E-state index in [4.69, 9.17) is 4.99 Å². The molecule has 33 heavy (non-hydrogen) atoms. The van der Waals surface area contributed by atoms with Crippen LogP contribution in [0.3, 0.4) is 0 Å². The van der Waals surface area contributed by atoms with Crippen LogP contribution in [0, 0.1) is 0 Å². The Balaban J connectivity index is 1.48. The molecule has 0 spiro atoms. The maximum Gasteiger partial charge on any atom is 0.269 e. The van der Waals surface area contributed by atoms with Crippen LogP contribution in [0.2, 0.25) is 0 Å². The van der Waals surface area contributed by atoms with Gasteiger partial charge in [-0.15, -0.1) is 0 Å². The molecule has 3 aromatic carbocycles. The summed E-state index contributed by atoms with van der Waals surface area (Å²) in [5.41, 5.74) is 3.49. The predicted octanol–water partition coefficient (Wildman–Crippen LogP) is 6.33. The van der Waals surface area contributed by atoms with Crippen molar-refractivity contribution in [1.29, 1.82) is 0 Å². The average molecular weight is 472 g/mol. The molecule has 1 saturated heterocycles. The number of hydrogen-bond donors (Lipinski definition) is 0. The van der Waals surface area contributed by atoms with Gasteiger partial charge in [-0.3, -0.25) is 14.7 Å². The van der Waals surface area contributed by atoms with E-state index in [0.717, 1.165) is 32.8 Å². The molecule has 0 bridgehead atoms. The summed E-state index contributed by atoms with van der Waals surface area (Å²) in [6, 6.07) is 28.8. The normalized spacial score (nSPS) is 19.9. The summed E-state index contributed by atoms with van der Waals surface area (Å²) in [6.07, 6.45) is 0.789. The fourth-order valence-electron chi connectivity index (χ4n) is 3.99. The highest BCUT2D eigenvalue weighted by atomic mass is 32.2. The van der Waals surface area contributed by atoms with Crippen molar-refractivity contribution < 1.29 is 4.79 Å². The van der Waals surface area contributed by atoms with E-state index in [1.165, 1.54) is 22.2 Å². The number of thioether (sulfide) groups is 2. The molecular formula is C27H25N3OS2. The van der Waals surface area contributed by atoms with Crippen LogP contribution in [-0.2, 0) is 11.2 Å². The van der Waals surface area contributed by atoms with Gasteiger partial charge in [0.25, 0.3) is 5.91 Å². The van der Waals surface area contributed by atoms with Gasteiger partial charge in [-0.25, -0.2) is 0 Å². The molecule has 2 aliphatic heterocycles. The molecule has 0 N–H and O–H groups in total. The van der Waals surface area contributed by atoms with Gasteiger partial charge >= 0.3 is 0 Å². The fraction of sp³-hybridized carbons (Fsp3) is 0.185. The van der Waals surface area contributed by atoms with Crippen molar-refractivity contribution in [2.24, 2.45) is 4.99 Å². The van der Waals surface area contributed by atoms with E-state index in [2.05, 4.69) is 48.2 Å². The molecule has 2 aliphatic rings. The molecule has 166 valence electrons. The zero-order valence-electron chi connectivity index (χ0n) is 18.6. The van der Waals surface area contributed by atoms with Gasteiger partial charge < -0.3 is 4.90 Å². The summed E-state index contributed by atoms with van der Waals surface area (Å²) in [6.45, 7) is 2.69. The van der Waals surface area contributed by atoms with E-state index in [9.17, 15) is 4.79 Å². The molecule has 0 aliphatic carbocycles. The SMILES string of the molecule is CC(N=C1S/C(=C2\Sc3ccccc3N2C)C(=O)N1CCc1ccccc1)c1ccccc1. The minimum Gasteiger partial charge on any atom is -0.337 e. The quantitative estimate of drug-likeness (QED) is 0.407. The maximum absolute atomic E-state index is 13.7. The van der Waals surface area contributed by atoms with Crippen molar-refractivity contribution in [2.45, 2.75) is 24.3 Å². The lowest BCUT2D eigenvalue weighted by atomic mass is 10.1. The van der Waals surface area contributed by atoms with Crippen molar-refractivity contribution in [1.82, 2.24) is 4.90 Å². The first-order chi connectivity index (χ1) is 16.1. The first-order valence-electron chi connectivity index (χ1n) is 11.0. The van der Waals surface area contributed by atoms with Gasteiger partial charge in [-0.2, -0.15) is 0 Å². The van der Waals surface area contributed by atoms with Gasteiger partial charge in [0.15, 0.2) is 5.17 Å². The van der Waals surface area contributed by atoms with Crippen molar-refractivity contribution >= 4 is 40.3 Å². The topological polar surface area (TPSA) is 35.9 Å². The third-order valence-electron chi connectivity index (χ3n) is 5.85. The Bertz CT molecular complexity index is 1220. The molecule has 2 heterocycles. The second kappa shape index (κ2) is 9.49. The Kier molecular flexibility index (Phi) is 6.29. The first-order valence-corrected chi connectivity index (χ1v) is 12.7. The lowest BCUT2D eigenvalue weighted by molar-refractivity contribution is -0.122. The van der Waals surface area contributed by atoms with Gasteiger partial charge in [-0.1, -0.05) is 84.6 Å². The summed E-state index contributed by atoms with van der Waals surface area (Å²) < 4.78 is 0. The number of nitrogens with zero attached hydrogens (tertiary/aromatic N) is 3. The van der Waals surface area contributed by atoms with Gasteiger partial charge in [0.05, 0.1) is 16.8 Å². The first kappa shape index (κ1) is 21.9. The molecule has 3 aromatic rings. The van der Waals surface area contributed by atoms with Crippen molar-refractivity contribution in [3.05, 3.63) is 106 Å². The molecule has 1 amide bonds. The minimum atomic E-state index is -0.0313. The van der Waals surface area contributed by atoms with E-state index in [1.807, 2.05) is 60.5 Å². The van der Waals surface area contributed by atoms with Crippen molar-refractivity contribution in [3.8, 4) is 0 Å². The standard InChI is InChI=1S/C27H25N3OS2/c1-19(21-13-7-4-8-14-21)28-27-30(18-17-20-11-5-3-6-12-20)25(31)24(33-27)26-29(2)22-15-9-10-16-23(22)32-26/h3-16,19H,17-18H2,1-2H3/b26-24-,28-27?. The summed E-state index contributed by atoms with van der Waals surface area (Å²) >= 11 is 3.16. The third kappa shape index (κ3) is 4.45. The fourth-order valence-corrected chi connectivity index (χ4v) is 6.42. The zero-order valence-corrected chi connectivity index (χ0v) is 20.3. The second-order valence-corrected chi connectivity index (χ2v) is 10.1. The number of hydrogen-bond acceptors (Lipinski definition) is 5. The van der Waals surface area contributed by atoms with Crippen LogP contribution in [0.5, 0.6) is 0 Å². The minimum absolute atomic E-state index is 0.0313. The number of carbonyl (C=O) groups is 1. The number of amides is 1. The number of rotatable bonds is 5. The number of carbonyl (C=O) groups excluding carboxylic acids is 1. The molecule has 0 aromatic heterocycles. The van der Waals surface area contributed by atoms with E-state index >= 15 is 0 Å². The second-order valence-electron chi connectivity index (χ2n) is 8.06. The van der Waals surface area contributed by atoms with Crippen LogP contribution in [0.4, 0.5) is 5.69 Å². The molecule has 0 saturated carbocycles. The number of benzene rings is 3. The van der Waals surface area contributed by atoms with Gasteiger partial charge in [0.2, 0.25) is 0 Å². The van der Waals surface area contributed by atoms with Crippen LogP contribution in [0.15, 0.2) is 105 Å². The largest absolute Gasteiger partial charge is 0.337 e. The molecule has 4 nitrogen and oxygen atoms in total. The average Bonchev–Trinajstić information content (AvgIpc) is 3.35. The Morgan fingerprint density at radius 3 is 2.27 bits per heavy atom. The van der Waals surface area contributed by atoms with E-state index < -0.39 is 0 Å². The summed E-state index contributed by atoms with van der Waals surface area (Å²) in [5, 5.41) is 1.76. The number of para-hydroxylation sites is 1. The van der Waals surface area contributed by atoms with Gasteiger partial charge in [0, 0.05) is 18.5 Å². The molecule has 1 unspecified atom stereocenters. The molecule has 5 rings (SSSR count). The predicted molar refractivity (Wildman–Crippen MR) is 139 cm³/mol. The van der Waals surface area contributed by atoms with Gasteiger partial charge in [-0.05, 0) is 48.4 Å². The Hall–Kier alpha value is -2.96. The Morgan fingerprint density at radius 2 is 1.55 bits per heavy atom. The number of anilines is 1. The Morgan fingerprint density at radius 1 is 0.879 bits per heavy atom. The van der Waals surface area contributed by atoms with E-state index in [1.54, 1.807) is 11.8 Å². The molecular weight excluding hydrogens is 446 g/mol. The van der Waals surface area contributed by atoms with Gasteiger partial charge in [0.1, 0.15) is 4.91 Å². The van der Waals surface area contributed by atoms with Crippen LogP contribution in [0.25, 0.3) is 0 Å².